The molecule has 2 aromatic rings. The Hall–Kier alpha value is -2.81. The number of anilines is 1. The van der Waals surface area contributed by atoms with Crippen molar-refractivity contribution in [1.82, 2.24) is 0 Å². The minimum absolute atomic E-state index is 0.139. The van der Waals surface area contributed by atoms with Gasteiger partial charge in [0.15, 0.2) is 11.5 Å². The van der Waals surface area contributed by atoms with Crippen LogP contribution in [0.25, 0.3) is 0 Å². The molecule has 2 rings (SSSR count). The molecule has 9 heteroatoms. The van der Waals surface area contributed by atoms with E-state index in [2.05, 4.69) is 5.32 Å². The van der Waals surface area contributed by atoms with Crippen LogP contribution in [0.5, 0.6) is 11.5 Å². The van der Waals surface area contributed by atoms with E-state index in [0.717, 1.165) is 5.56 Å². The lowest BCUT2D eigenvalue weighted by Gasteiger charge is -2.17. The Morgan fingerprint density at radius 1 is 0.938 bits per heavy atom. The SMILES string of the molecule is CCOC(=O)c1cc(OCCOC)c(OCCOC)cc1NC(=O)c1cccc(CCl)c1. The number of hydrogen-bond acceptors (Lipinski definition) is 7. The molecule has 0 saturated carbocycles. The van der Waals surface area contributed by atoms with Crippen molar-refractivity contribution in [1.29, 1.82) is 0 Å². The van der Waals surface area contributed by atoms with Gasteiger partial charge in [-0.05, 0) is 24.6 Å². The summed E-state index contributed by atoms with van der Waals surface area (Å²) in [5.74, 6) is -0.0599. The first kappa shape index (κ1) is 25.5. The molecular weight excluding hydrogens is 438 g/mol. The smallest absolute Gasteiger partial charge is 0.340 e. The Morgan fingerprint density at radius 3 is 2.19 bits per heavy atom. The summed E-state index contributed by atoms with van der Waals surface area (Å²) in [5.41, 5.74) is 1.58. The van der Waals surface area contributed by atoms with Crippen LogP contribution in [0, 0.1) is 0 Å². The van der Waals surface area contributed by atoms with Crippen molar-refractivity contribution < 1.29 is 33.3 Å². The molecule has 0 aliphatic carbocycles. The summed E-state index contributed by atoms with van der Waals surface area (Å²) in [6, 6.07) is 9.93. The fraction of sp³-hybridized carbons (Fsp3) is 0.391. The molecule has 0 aliphatic heterocycles. The molecular formula is C23H28ClNO7. The third-order valence-corrected chi connectivity index (χ3v) is 4.57. The third-order valence-electron chi connectivity index (χ3n) is 4.26. The lowest BCUT2D eigenvalue weighted by atomic mass is 10.1. The highest BCUT2D eigenvalue weighted by atomic mass is 35.5. The number of methoxy groups -OCH3 is 2. The van der Waals surface area contributed by atoms with Crippen molar-refractivity contribution in [2.45, 2.75) is 12.8 Å². The van der Waals surface area contributed by atoms with Crippen molar-refractivity contribution in [3.8, 4) is 11.5 Å². The average molecular weight is 466 g/mol. The molecule has 2 aromatic carbocycles. The number of carbonyl (C=O) groups is 2. The molecule has 0 saturated heterocycles. The second-order valence-corrected chi connectivity index (χ2v) is 6.80. The number of benzene rings is 2. The van der Waals surface area contributed by atoms with Gasteiger partial charge in [0.2, 0.25) is 0 Å². The quantitative estimate of drug-likeness (QED) is 0.272. The lowest BCUT2D eigenvalue weighted by molar-refractivity contribution is 0.0526. The standard InChI is InChI=1S/C23H28ClNO7/c1-4-30-23(27)18-13-20(31-10-8-28-2)21(32-11-9-29-3)14-19(18)25-22(26)17-7-5-6-16(12-17)15-24/h5-7,12-14H,4,8-11,15H2,1-3H3,(H,25,26). The Morgan fingerprint density at radius 2 is 1.59 bits per heavy atom. The van der Waals surface area contributed by atoms with E-state index in [1.54, 1.807) is 39.3 Å². The molecule has 0 spiro atoms. The summed E-state index contributed by atoms with van der Waals surface area (Å²) >= 11 is 5.87. The topological polar surface area (TPSA) is 92.3 Å². The monoisotopic (exact) mass is 465 g/mol. The van der Waals surface area contributed by atoms with E-state index in [0.29, 0.717) is 30.3 Å². The predicted molar refractivity (Wildman–Crippen MR) is 121 cm³/mol. The molecule has 0 bridgehead atoms. The van der Waals surface area contributed by atoms with Gasteiger partial charge in [0.25, 0.3) is 5.91 Å². The Kier molecular flexibility index (Phi) is 10.8. The molecule has 174 valence electrons. The van der Waals surface area contributed by atoms with E-state index in [-0.39, 0.29) is 37.0 Å². The number of nitrogens with one attached hydrogen (secondary N) is 1. The van der Waals surface area contributed by atoms with Crippen molar-refractivity contribution in [3.05, 3.63) is 53.1 Å². The minimum atomic E-state index is -0.600. The van der Waals surface area contributed by atoms with E-state index >= 15 is 0 Å². The number of esters is 1. The third kappa shape index (κ3) is 7.40. The fourth-order valence-electron chi connectivity index (χ4n) is 2.73. The zero-order chi connectivity index (χ0) is 23.3. The van der Waals surface area contributed by atoms with Gasteiger partial charge in [-0.3, -0.25) is 4.79 Å². The molecule has 1 N–H and O–H groups in total. The summed E-state index contributed by atoms with van der Waals surface area (Å²) in [7, 11) is 3.12. The van der Waals surface area contributed by atoms with E-state index in [4.69, 9.17) is 35.3 Å². The second-order valence-electron chi connectivity index (χ2n) is 6.54. The van der Waals surface area contributed by atoms with Gasteiger partial charge in [0.1, 0.15) is 13.2 Å². The molecule has 0 radical (unpaired) electrons. The molecule has 0 aliphatic rings. The van der Waals surface area contributed by atoms with Gasteiger partial charge in [-0.2, -0.15) is 0 Å². The van der Waals surface area contributed by atoms with Crippen molar-refractivity contribution in [2.75, 3.05) is 52.6 Å². The van der Waals surface area contributed by atoms with Crippen LogP contribution in [-0.2, 0) is 20.1 Å². The molecule has 0 unspecified atom stereocenters. The molecule has 0 aromatic heterocycles. The highest BCUT2D eigenvalue weighted by molar-refractivity contribution is 6.17. The zero-order valence-electron chi connectivity index (χ0n) is 18.4. The van der Waals surface area contributed by atoms with Crippen LogP contribution in [0.15, 0.2) is 36.4 Å². The first-order valence-corrected chi connectivity index (χ1v) is 10.6. The highest BCUT2D eigenvalue weighted by Crippen LogP contribution is 2.35. The summed E-state index contributed by atoms with van der Waals surface area (Å²) in [6.45, 7) is 3.07. The first-order chi connectivity index (χ1) is 15.5. The summed E-state index contributed by atoms with van der Waals surface area (Å²) in [5, 5.41) is 2.77. The summed E-state index contributed by atoms with van der Waals surface area (Å²) in [6.07, 6.45) is 0. The molecule has 0 atom stereocenters. The van der Waals surface area contributed by atoms with Gasteiger partial charge in [-0.15, -0.1) is 11.6 Å². The van der Waals surface area contributed by atoms with Crippen LogP contribution >= 0.6 is 11.6 Å². The number of ether oxygens (including phenoxy) is 5. The largest absolute Gasteiger partial charge is 0.487 e. The lowest BCUT2D eigenvalue weighted by Crippen LogP contribution is -2.17. The van der Waals surface area contributed by atoms with Crippen molar-refractivity contribution >= 4 is 29.2 Å². The van der Waals surface area contributed by atoms with Crippen LogP contribution in [0.2, 0.25) is 0 Å². The van der Waals surface area contributed by atoms with Gasteiger partial charge in [0, 0.05) is 37.8 Å². The van der Waals surface area contributed by atoms with Crippen LogP contribution in [0.4, 0.5) is 5.69 Å². The highest BCUT2D eigenvalue weighted by Gasteiger charge is 2.21. The summed E-state index contributed by atoms with van der Waals surface area (Å²) in [4.78, 5) is 25.5. The number of amides is 1. The van der Waals surface area contributed by atoms with Gasteiger partial charge < -0.3 is 29.0 Å². The van der Waals surface area contributed by atoms with Crippen LogP contribution in [-0.4, -0.2) is 59.1 Å². The van der Waals surface area contributed by atoms with E-state index in [9.17, 15) is 9.59 Å². The normalized spacial score (nSPS) is 10.5. The number of rotatable bonds is 13. The van der Waals surface area contributed by atoms with Crippen molar-refractivity contribution in [2.24, 2.45) is 0 Å². The maximum atomic E-state index is 12.9. The molecule has 1 amide bonds. The maximum absolute atomic E-state index is 12.9. The molecule has 0 heterocycles. The van der Waals surface area contributed by atoms with Gasteiger partial charge in [-0.25, -0.2) is 4.79 Å². The van der Waals surface area contributed by atoms with Crippen LogP contribution in [0.1, 0.15) is 33.2 Å². The Balaban J connectivity index is 2.42. The molecule has 0 fully saturated rings. The Bertz CT molecular complexity index is 904. The number of carbonyl (C=O) groups excluding carboxylic acids is 2. The molecule has 8 nitrogen and oxygen atoms in total. The van der Waals surface area contributed by atoms with Gasteiger partial charge >= 0.3 is 5.97 Å². The van der Waals surface area contributed by atoms with Crippen molar-refractivity contribution in [3.63, 3.8) is 0 Å². The maximum Gasteiger partial charge on any atom is 0.340 e. The van der Waals surface area contributed by atoms with Gasteiger partial charge in [0.05, 0.1) is 31.1 Å². The van der Waals surface area contributed by atoms with Crippen LogP contribution in [0.3, 0.4) is 0 Å². The zero-order valence-corrected chi connectivity index (χ0v) is 19.2. The Labute approximate surface area is 192 Å². The average Bonchev–Trinajstić information content (AvgIpc) is 2.80. The van der Waals surface area contributed by atoms with E-state index in [1.165, 1.54) is 12.1 Å². The fourth-order valence-corrected chi connectivity index (χ4v) is 2.89. The first-order valence-electron chi connectivity index (χ1n) is 10.1. The minimum Gasteiger partial charge on any atom is -0.487 e. The summed E-state index contributed by atoms with van der Waals surface area (Å²) < 4.78 is 26.7. The second kappa shape index (κ2) is 13.6. The number of halogens is 1. The number of alkyl halides is 1. The predicted octanol–water partition coefficient (Wildman–Crippen LogP) is 3.90. The van der Waals surface area contributed by atoms with Crippen LogP contribution < -0.4 is 14.8 Å². The van der Waals surface area contributed by atoms with Gasteiger partial charge in [-0.1, -0.05) is 12.1 Å². The van der Waals surface area contributed by atoms with E-state index in [1.807, 2.05) is 6.07 Å². The molecule has 32 heavy (non-hydrogen) atoms. The van der Waals surface area contributed by atoms with E-state index < -0.39 is 11.9 Å². The number of hydrogen-bond donors (Lipinski definition) is 1.